The summed E-state index contributed by atoms with van der Waals surface area (Å²) >= 11 is 0. The Kier molecular flexibility index (Phi) is 1.43. The van der Waals surface area contributed by atoms with Crippen LogP contribution in [-0.2, 0) is 9.47 Å². The monoisotopic (exact) mass is 134 g/mol. The zero-order valence-corrected chi connectivity index (χ0v) is 4.78. The maximum atomic E-state index is 5.22. The molecular weight excluding hydrogens is 124 g/mol. The van der Waals surface area contributed by atoms with Gasteiger partial charge in [-0.25, -0.2) is 0 Å². The summed E-state index contributed by atoms with van der Waals surface area (Å²) in [7, 11) is 0. The number of hydrogen-bond donors (Lipinski definition) is 4. The van der Waals surface area contributed by atoms with E-state index < -0.39 is 18.5 Å². The van der Waals surface area contributed by atoms with Gasteiger partial charge in [-0.3, -0.25) is 11.5 Å². The number of rotatable bonds is 0. The molecule has 0 spiro atoms. The Morgan fingerprint density at radius 3 is 1.44 bits per heavy atom. The molecule has 54 valence electrons. The standard InChI is InChI=1S/C3H10N4O2/c4-1-2(5)9-3(6,7)8-1/h1-2H,4-7H2. The van der Waals surface area contributed by atoms with E-state index in [4.69, 9.17) is 22.9 Å². The zero-order chi connectivity index (χ0) is 7.07. The van der Waals surface area contributed by atoms with E-state index in [2.05, 4.69) is 9.47 Å². The van der Waals surface area contributed by atoms with Crippen LogP contribution in [0.15, 0.2) is 0 Å². The fourth-order valence-electron chi connectivity index (χ4n) is 0.587. The third-order valence-electron chi connectivity index (χ3n) is 0.964. The molecule has 0 aromatic rings. The topological polar surface area (TPSA) is 123 Å². The fourth-order valence-corrected chi connectivity index (χ4v) is 0.587. The Hall–Kier alpha value is -0.240. The Bertz CT molecular complexity index is 104. The summed E-state index contributed by atoms with van der Waals surface area (Å²) in [6.07, 6.45) is -1.47. The van der Waals surface area contributed by atoms with E-state index in [0.29, 0.717) is 0 Å². The Morgan fingerprint density at radius 2 is 1.33 bits per heavy atom. The summed E-state index contributed by atoms with van der Waals surface area (Å²) in [6, 6.07) is -1.61. The van der Waals surface area contributed by atoms with E-state index in [1.165, 1.54) is 0 Å². The lowest BCUT2D eigenvalue weighted by Crippen LogP contribution is -2.51. The van der Waals surface area contributed by atoms with Crippen molar-refractivity contribution in [1.82, 2.24) is 0 Å². The van der Waals surface area contributed by atoms with Crippen molar-refractivity contribution < 1.29 is 9.47 Å². The van der Waals surface area contributed by atoms with Crippen LogP contribution in [0.25, 0.3) is 0 Å². The van der Waals surface area contributed by atoms with Crippen LogP contribution >= 0.6 is 0 Å². The molecular formula is C3H10N4O2. The highest BCUT2D eigenvalue weighted by atomic mass is 16.8. The van der Waals surface area contributed by atoms with Gasteiger partial charge in [0.2, 0.25) is 0 Å². The molecule has 1 saturated heterocycles. The van der Waals surface area contributed by atoms with Gasteiger partial charge >= 0.3 is 0 Å². The molecule has 1 fully saturated rings. The summed E-state index contributed by atoms with van der Waals surface area (Å²) < 4.78 is 9.29. The molecule has 1 aliphatic heterocycles. The molecule has 0 saturated carbocycles. The Balaban J connectivity index is 2.54. The number of hydrogen-bond acceptors (Lipinski definition) is 6. The molecule has 6 nitrogen and oxygen atoms in total. The van der Waals surface area contributed by atoms with E-state index >= 15 is 0 Å². The summed E-state index contributed by atoms with van der Waals surface area (Å²) in [4.78, 5) is 0. The van der Waals surface area contributed by atoms with Crippen LogP contribution in [0.4, 0.5) is 0 Å². The van der Waals surface area contributed by atoms with Crippen LogP contribution in [0.5, 0.6) is 0 Å². The highest BCUT2D eigenvalue weighted by molar-refractivity contribution is 4.69. The quantitative estimate of drug-likeness (QED) is 0.264. The molecule has 9 heavy (non-hydrogen) atoms. The van der Waals surface area contributed by atoms with Crippen molar-refractivity contribution in [2.45, 2.75) is 18.5 Å². The maximum Gasteiger partial charge on any atom is 0.289 e. The second-order valence-corrected chi connectivity index (χ2v) is 1.89. The summed E-state index contributed by atoms with van der Waals surface area (Å²) in [6.45, 7) is 0. The van der Waals surface area contributed by atoms with Crippen molar-refractivity contribution in [3.8, 4) is 0 Å². The van der Waals surface area contributed by atoms with Crippen LogP contribution in [0.1, 0.15) is 0 Å². The van der Waals surface area contributed by atoms with E-state index in [1.807, 2.05) is 0 Å². The number of nitrogens with two attached hydrogens (primary N) is 4. The van der Waals surface area contributed by atoms with Gasteiger partial charge in [-0.05, 0) is 0 Å². The minimum absolute atomic E-state index is 0.736. The third kappa shape index (κ3) is 1.36. The highest BCUT2D eigenvalue weighted by Crippen LogP contribution is 2.12. The third-order valence-corrected chi connectivity index (χ3v) is 0.964. The van der Waals surface area contributed by atoms with E-state index in [1.54, 1.807) is 0 Å². The van der Waals surface area contributed by atoms with Crippen LogP contribution in [0.3, 0.4) is 0 Å². The minimum Gasteiger partial charge on any atom is -0.303 e. The molecule has 6 heteroatoms. The molecule has 2 atom stereocenters. The second kappa shape index (κ2) is 1.87. The smallest absolute Gasteiger partial charge is 0.289 e. The number of ether oxygens (including phenoxy) is 2. The molecule has 0 radical (unpaired) electrons. The van der Waals surface area contributed by atoms with Gasteiger partial charge in [0.05, 0.1) is 0 Å². The van der Waals surface area contributed by atoms with Crippen molar-refractivity contribution in [3.05, 3.63) is 0 Å². The average Bonchev–Trinajstić information content (AvgIpc) is 1.79. The molecule has 0 aromatic carbocycles. The molecule has 0 aromatic heterocycles. The molecule has 0 amide bonds. The van der Waals surface area contributed by atoms with Gasteiger partial charge in [0.1, 0.15) is 0 Å². The van der Waals surface area contributed by atoms with Gasteiger partial charge in [0.25, 0.3) is 6.03 Å². The van der Waals surface area contributed by atoms with E-state index in [9.17, 15) is 0 Å². The highest BCUT2D eigenvalue weighted by Gasteiger charge is 2.38. The van der Waals surface area contributed by atoms with Gasteiger partial charge in [-0.15, -0.1) is 0 Å². The van der Waals surface area contributed by atoms with Crippen molar-refractivity contribution >= 4 is 0 Å². The summed E-state index contributed by atoms with van der Waals surface area (Å²) in [5.74, 6) is 0. The lowest BCUT2D eigenvalue weighted by atomic mass is 10.5. The first-order valence-corrected chi connectivity index (χ1v) is 2.46. The molecule has 0 aliphatic carbocycles. The van der Waals surface area contributed by atoms with Gasteiger partial charge < -0.3 is 20.9 Å². The minimum atomic E-state index is -1.61. The molecule has 1 rings (SSSR count). The normalized spacial score (nSPS) is 41.3. The van der Waals surface area contributed by atoms with Gasteiger partial charge in [0, 0.05) is 0 Å². The van der Waals surface area contributed by atoms with Gasteiger partial charge in [0.15, 0.2) is 12.5 Å². The van der Waals surface area contributed by atoms with E-state index in [-0.39, 0.29) is 0 Å². The zero-order valence-electron chi connectivity index (χ0n) is 4.78. The molecule has 8 N–H and O–H groups in total. The predicted octanol–water partition coefficient (Wildman–Crippen LogP) is -2.87. The van der Waals surface area contributed by atoms with Crippen molar-refractivity contribution in [1.29, 1.82) is 0 Å². The first-order chi connectivity index (χ1) is 4.01. The van der Waals surface area contributed by atoms with Crippen molar-refractivity contribution in [2.24, 2.45) is 22.9 Å². The maximum absolute atomic E-state index is 5.22. The largest absolute Gasteiger partial charge is 0.303 e. The van der Waals surface area contributed by atoms with Gasteiger partial charge in [-0.2, -0.15) is 0 Å². The summed E-state index contributed by atoms with van der Waals surface area (Å²) in [5.41, 5.74) is 20.7. The van der Waals surface area contributed by atoms with Crippen LogP contribution < -0.4 is 22.9 Å². The first kappa shape index (κ1) is 6.87. The van der Waals surface area contributed by atoms with Crippen LogP contribution in [-0.4, -0.2) is 18.5 Å². The molecule has 0 bridgehead atoms. The van der Waals surface area contributed by atoms with Gasteiger partial charge in [-0.1, -0.05) is 0 Å². The molecule has 1 heterocycles. The fraction of sp³-hybridized carbons (Fsp3) is 1.00. The van der Waals surface area contributed by atoms with E-state index in [0.717, 1.165) is 0 Å². The lowest BCUT2D eigenvalue weighted by molar-refractivity contribution is -0.165. The van der Waals surface area contributed by atoms with Crippen LogP contribution in [0.2, 0.25) is 0 Å². The Morgan fingerprint density at radius 1 is 1.00 bits per heavy atom. The second-order valence-electron chi connectivity index (χ2n) is 1.89. The van der Waals surface area contributed by atoms with Crippen molar-refractivity contribution in [3.63, 3.8) is 0 Å². The first-order valence-electron chi connectivity index (χ1n) is 2.46. The van der Waals surface area contributed by atoms with Crippen LogP contribution in [0, 0.1) is 0 Å². The van der Waals surface area contributed by atoms with Crippen molar-refractivity contribution in [2.75, 3.05) is 0 Å². The lowest BCUT2D eigenvalue weighted by Gasteiger charge is -2.14. The Labute approximate surface area is 52.0 Å². The average molecular weight is 134 g/mol. The molecule has 2 unspecified atom stereocenters. The molecule has 1 aliphatic rings. The SMILES string of the molecule is NC1OC(N)(N)OC1N. The summed E-state index contributed by atoms with van der Waals surface area (Å²) in [5, 5.41) is 0. The predicted molar refractivity (Wildman–Crippen MR) is 29.2 cm³/mol.